The van der Waals surface area contributed by atoms with Gasteiger partial charge < -0.3 is 5.32 Å². The molecule has 3 heterocycles. The molecule has 0 amide bonds. The van der Waals surface area contributed by atoms with Crippen molar-refractivity contribution in [3.8, 4) is 0 Å². The zero-order valence-electron chi connectivity index (χ0n) is 10.8. The second kappa shape index (κ2) is 4.42. The first-order chi connectivity index (χ1) is 8.28. The van der Waals surface area contributed by atoms with Crippen LogP contribution in [0.15, 0.2) is 12.3 Å². The van der Waals surface area contributed by atoms with Gasteiger partial charge in [-0.15, -0.1) is 0 Å². The summed E-state index contributed by atoms with van der Waals surface area (Å²) in [5.74, 6) is 1.73. The van der Waals surface area contributed by atoms with Crippen molar-refractivity contribution in [2.24, 2.45) is 18.9 Å². The van der Waals surface area contributed by atoms with Crippen LogP contribution >= 0.6 is 0 Å². The van der Waals surface area contributed by atoms with Gasteiger partial charge in [-0.2, -0.15) is 5.10 Å². The lowest BCUT2D eigenvalue weighted by Gasteiger charge is -2.25. The highest BCUT2D eigenvalue weighted by Crippen LogP contribution is 2.34. The minimum atomic E-state index is 0.747. The molecule has 3 atom stereocenters. The van der Waals surface area contributed by atoms with Crippen LogP contribution in [0.5, 0.6) is 0 Å². The normalized spacial score (nSPS) is 33.2. The van der Waals surface area contributed by atoms with E-state index in [1.807, 2.05) is 17.9 Å². The first-order valence-corrected chi connectivity index (χ1v) is 6.71. The van der Waals surface area contributed by atoms with Crippen molar-refractivity contribution >= 4 is 0 Å². The van der Waals surface area contributed by atoms with E-state index in [1.54, 1.807) is 0 Å². The van der Waals surface area contributed by atoms with Crippen molar-refractivity contribution in [2.45, 2.75) is 25.9 Å². The van der Waals surface area contributed by atoms with Crippen molar-refractivity contribution < 1.29 is 0 Å². The summed E-state index contributed by atoms with van der Waals surface area (Å²) < 4.78 is 1.90. The molecule has 3 unspecified atom stereocenters. The third-order valence-corrected chi connectivity index (χ3v) is 4.38. The molecule has 1 aromatic heterocycles. The summed E-state index contributed by atoms with van der Waals surface area (Å²) in [6.45, 7) is 7.00. The van der Waals surface area contributed by atoms with E-state index in [0.717, 1.165) is 24.4 Å². The zero-order valence-corrected chi connectivity index (χ0v) is 10.8. The van der Waals surface area contributed by atoms with Gasteiger partial charge in [0.25, 0.3) is 0 Å². The first-order valence-electron chi connectivity index (χ1n) is 6.71. The summed E-state index contributed by atoms with van der Waals surface area (Å²) in [6.07, 6.45) is 3.30. The van der Waals surface area contributed by atoms with Gasteiger partial charge in [0.1, 0.15) is 0 Å². The van der Waals surface area contributed by atoms with Gasteiger partial charge in [-0.25, -0.2) is 0 Å². The maximum absolute atomic E-state index is 4.50. The average molecular weight is 234 g/mol. The number of nitrogens with one attached hydrogen (secondary N) is 1. The predicted molar refractivity (Wildman–Crippen MR) is 67.5 cm³/mol. The van der Waals surface area contributed by atoms with Gasteiger partial charge in [0.05, 0.1) is 5.69 Å². The fourth-order valence-electron chi connectivity index (χ4n) is 3.61. The molecule has 0 aromatic carbocycles. The van der Waals surface area contributed by atoms with Gasteiger partial charge in [0.15, 0.2) is 0 Å². The van der Waals surface area contributed by atoms with E-state index in [4.69, 9.17) is 0 Å². The molecular weight excluding hydrogens is 212 g/mol. The monoisotopic (exact) mass is 234 g/mol. The zero-order chi connectivity index (χ0) is 11.8. The highest BCUT2D eigenvalue weighted by Gasteiger charge is 2.42. The highest BCUT2D eigenvalue weighted by molar-refractivity contribution is 5.03. The Hall–Kier alpha value is -0.870. The van der Waals surface area contributed by atoms with Crippen LogP contribution in [-0.4, -0.2) is 40.4 Å². The average Bonchev–Trinajstić information content (AvgIpc) is 2.95. The van der Waals surface area contributed by atoms with E-state index >= 15 is 0 Å². The van der Waals surface area contributed by atoms with E-state index < -0.39 is 0 Å². The van der Waals surface area contributed by atoms with Crippen LogP contribution in [0.2, 0.25) is 0 Å². The van der Waals surface area contributed by atoms with E-state index in [2.05, 4.69) is 28.3 Å². The molecule has 17 heavy (non-hydrogen) atoms. The van der Waals surface area contributed by atoms with Crippen LogP contribution < -0.4 is 5.32 Å². The van der Waals surface area contributed by atoms with Crippen LogP contribution in [0.1, 0.15) is 19.0 Å². The van der Waals surface area contributed by atoms with E-state index in [9.17, 15) is 0 Å². The molecule has 0 saturated carbocycles. The number of hydrogen-bond donors (Lipinski definition) is 1. The Bertz CT molecular complexity index is 387. The molecule has 2 aliphatic heterocycles. The molecule has 2 saturated heterocycles. The van der Waals surface area contributed by atoms with Crippen LogP contribution in [-0.2, 0) is 13.6 Å². The number of aryl methyl sites for hydroxylation is 1. The molecule has 2 fully saturated rings. The van der Waals surface area contributed by atoms with Crippen molar-refractivity contribution in [3.05, 3.63) is 18.0 Å². The summed E-state index contributed by atoms with van der Waals surface area (Å²) in [5, 5.41) is 8.03. The molecular formula is C13H22N4. The lowest BCUT2D eigenvalue weighted by Crippen LogP contribution is -2.34. The standard InChI is InChI=1S/C13H22N4/c1-3-13-12-7-14-6-10(12)8-17(13)9-11-4-5-16(2)15-11/h4-5,10,12-14H,3,6-9H2,1-2H3. The third kappa shape index (κ3) is 2.00. The van der Waals surface area contributed by atoms with Crippen molar-refractivity contribution in [3.63, 3.8) is 0 Å². The predicted octanol–water partition coefficient (Wildman–Crippen LogP) is 0.850. The molecule has 0 spiro atoms. The van der Waals surface area contributed by atoms with E-state index in [0.29, 0.717) is 0 Å². The maximum atomic E-state index is 4.50. The molecule has 94 valence electrons. The number of nitrogens with zero attached hydrogens (tertiary/aromatic N) is 3. The number of hydrogen-bond acceptors (Lipinski definition) is 3. The van der Waals surface area contributed by atoms with Crippen LogP contribution in [0.25, 0.3) is 0 Å². The fourth-order valence-corrected chi connectivity index (χ4v) is 3.61. The Morgan fingerprint density at radius 2 is 2.35 bits per heavy atom. The van der Waals surface area contributed by atoms with Gasteiger partial charge in [-0.1, -0.05) is 6.92 Å². The lowest BCUT2D eigenvalue weighted by atomic mass is 9.93. The Morgan fingerprint density at radius 1 is 1.47 bits per heavy atom. The van der Waals surface area contributed by atoms with E-state index in [-0.39, 0.29) is 0 Å². The summed E-state index contributed by atoms with van der Waals surface area (Å²) in [7, 11) is 1.99. The minimum Gasteiger partial charge on any atom is -0.316 e. The summed E-state index contributed by atoms with van der Waals surface area (Å²) in [4.78, 5) is 2.64. The second-order valence-electron chi connectivity index (χ2n) is 5.47. The van der Waals surface area contributed by atoms with Crippen LogP contribution in [0, 0.1) is 11.8 Å². The van der Waals surface area contributed by atoms with Gasteiger partial charge in [-0.3, -0.25) is 9.58 Å². The number of likely N-dealkylation sites (tertiary alicyclic amines) is 1. The first kappa shape index (κ1) is 11.2. The highest BCUT2D eigenvalue weighted by atomic mass is 15.3. The van der Waals surface area contributed by atoms with Crippen molar-refractivity contribution in [2.75, 3.05) is 19.6 Å². The smallest absolute Gasteiger partial charge is 0.0764 e. The Morgan fingerprint density at radius 3 is 3.06 bits per heavy atom. The number of rotatable bonds is 3. The molecule has 0 radical (unpaired) electrons. The fraction of sp³-hybridized carbons (Fsp3) is 0.769. The number of aromatic nitrogens is 2. The van der Waals surface area contributed by atoms with Gasteiger partial charge in [0, 0.05) is 32.4 Å². The third-order valence-electron chi connectivity index (χ3n) is 4.38. The lowest BCUT2D eigenvalue weighted by molar-refractivity contribution is 0.207. The minimum absolute atomic E-state index is 0.747. The van der Waals surface area contributed by atoms with Gasteiger partial charge >= 0.3 is 0 Å². The molecule has 4 heteroatoms. The Kier molecular flexibility index (Phi) is 2.92. The summed E-state index contributed by atoms with van der Waals surface area (Å²) in [6, 6.07) is 2.89. The molecule has 2 aliphatic rings. The van der Waals surface area contributed by atoms with E-state index in [1.165, 1.54) is 31.7 Å². The second-order valence-corrected chi connectivity index (χ2v) is 5.47. The topological polar surface area (TPSA) is 33.1 Å². The van der Waals surface area contributed by atoms with Crippen LogP contribution in [0.4, 0.5) is 0 Å². The van der Waals surface area contributed by atoms with Crippen molar-refractivity contribution in [1.29, 1.82) is 0 Å². The molecule has 1 N–H and O–H groups in total. The SMILES string of the molecule is CCC1C2CNCC2CN1Cc1ccn(C)n1. The summed E-state index contributed by atoms with van der Waals surface area (Å²) >= 11 is 0. The van der Waals surface area contributed by atoms with Gasteiger partial charge in [-0.05, 0) is 37.4 Å². The molecule has 0 bridgehead atoms. The van der Waals surface area contributed by atoms with Crippen molar-refractivity contribution in [1.82, 2.24) is 20.0 Å². The summed E-state index contributed by atoms with van der Waals surface area (Å²) in [5.41, 5.74) is 1.21. The Labute approximate surface area is 103 Å². The molecule has 3 rings (SSSR count). The molecule has 0 aliphatic carbocycles. The maximum Gasteiger partial charge on any atom is 0.0764 e. The molecule has 1 aromatic rings. The quantitative estimate of drug-likeness (QED) is 0.841. The number of fused-ring (bicyclic) bond motifs is 1. The van der Waals surface area contributed by atoms with Crippen LogP contribution in [0.3, 0.4) is 0 Å². The molecule has 4 nitrogen and oxygen atoms in total. The Balaban J connectivity index is 1.71. The largest absolute Gasteiger partial charge is 0.316 e. The van der Waals surface area contributed by atoms with Gasteiger partial charge in [0.2, 0.25) is 0 Å².